The molecule has 1 rings (SSSR count). The molecule has 0 unspecified atom stereocenters. The van der Waals surface area contributed by atoms with E-state index >= 15 is 0 Å². The summed E-state index contributed by atoms with van der Waals surface area (Å²) in [6, 6.07) is 2.26. The van der Waals surface area contributed by atoms with Gasteiger partial charge in [0, 0.05) is 12.3 Å². The fourth-order valence-electron chi connectivity index (χ4n) is 1.37. The maximum absolute atomic E-state index is 13.2. The van der Waals surface area contributed by atoms with Crippen molar-refractivity contribution in [1.82, 2.24) is 0 Å². The van der Waals surface area contributed by atoms with Crippen LogP contribution in [0.25, 0.3) is 0 Å². The second-order valence-electron chi connectivity index (χ2n) is 4.09. The van der Waals surface area contributed by atoms with Gasteiger partial charge in [-0.05, 0) is 12.5 Å². The average molecular weight is 338 g/mol. The van der Waals surface area contributed by atoms with Crippen LogP contribution < -0.4 is 61.6 Å². The van der Waals surface area contributed by atoms with E-state index in [4.69, 9.17) is 4.74 Å². The third kappa shape index (κ3) is 7.41. The SMILES string of the molecule is CS(=O)(=O)CCCOc1ccc([B-](F)(F)F)c(F)c1.[K+]. The summed E-state index contributed by atoms with van der Waals surface area (Å²) < 4.78 is 76.8. The summed E-state index contributed by atoms with van der Waals surface area (Å²) in [6.45, 7) is -5.40. The van der Waals surface area contributed by atoms with Crippen molar-refractivity contribution in [2.45, 2.75) is 6.42 Å². The summed E-state index contributed by atoms with van der Waals surface area (Å²) in [5, 5.41) is 0. The summed E-state index contributed by atoms with van der Waals surface area (Å²) in [5.74, 6) is -1.55. The smallest absolute Gasteiger partial charge is 0.493 e. The third-order valence-corrected chi connectivity index (χ3v) is 3.28. The summed E-state index contributed by atoms with van der Waals surface area (Å²) >= 11 is 0. The van der Waals surface area contributed by atoms with Crippen LogP contribution in [0.1, 0.15) is 6.42 Å². The van der Waals surface area contributed by atoms with E-state index in [2.05, 4.69) is 0 Å². The van der Waals surface area contributed by atoms with Gasteiger partial charge in [0.1, 0.15) is 15.6 Å². The first kappa shape index (κ1) is 20.4. The van der Waals surface area contributed by atoms with Crippen LogP contribution in [0.5, 0.6) is 5.75 Å². The minimum atomic E-state index is -5.39. The van der Waals surface area contributed by atoms with Crippen molar-refractivity contribution in [2.75, 3.05) is 18.6 Å². The molecule has 0 amide bonds. The number of rotatable bonds is 6. The molecule has 0 aliphatic carbocycles. The maximum Gasteiger partial charge on any atom is 1.00 e. The summed E-state index contributed by atoms with van der Waals surface area (Å²) in [5.41, 5.74) is -1.30. The van der Waals surface area contributed by atoms with Crippen molar-refractivity contribution >= 4 is 22.3 Å². The number of benzene rings is 1. The van der Waals surface area contributed by atoms with Gasteiger partial charge in [-0.25, -0.2) is 12.8 Å². The Morgan fingerprint density at radius 1 is 1.25 bits per heavy atom. The van der Waals surface area contributed by atoms with Gasteiger partial charge in [-0.3, -0.25) is 0 Å². The molecule has 0 saturated heterocycles. The van der Waals surface area contributed by atoms with Gasteiger partial charge in [0.05, 0.1) is 18.2 Å². The molecule has 0 radical (unpaired) electrons. The molecule has 108 valence electrons. The van der Waals surface area contributed by atoms with Crippen molar-refractivity contribution < 1.29 is 81.9 Å². The number of hydrogen-bond donors (Lipinski definition) is 0. The van der Waals surface area contributed by atoms with Crippen molar-refractivity contribution in [1.29, 1.82) is 0 Å². The molecule has 10 heteroatoms. The Morgan fingerprint density at radius 3 is 2.30 bits per heavy atom. The topological polar surface area (TPSA) is 43.4 Å². The molecule has 1 aromatic rings. The molecule has 0 aliphatic heterocycles. The van der Waals surface area contributed by atoms with Crippen LogP contribution in [0.3, 0.4) is 0 Å². The third-order valence-electron chi connectivity index (χ3n) is 2.25. The summed E-state index contributed by atoms with van der Waals surface area (Å²) in [6.07, 6.45) is 1.25. The molecule has 0 fully saturated rings. The van der Waals surface area contributed by atoms with Gasteiger partial charge in [0.15, 0.2) is 0 Å². The molecule has 0 heterocycles. The standard InChI is InChI=1S/C10H12BF4O3S.K/c1-19(16,17)6-2-5-18-8-3-4-9(10(12)7-8)11(13,14)15;/h3-4,7H,2,5-6H2,1H3;/q-1;+1. The minimum absolute atomic E-state index is 0. The molecule has 3 nitrogen and oxygen atoms in total. The number of hydrogen-bond acceptors (Lipinski definition) is 3. The number of ether oxygens (including phenoxy) is 1. The van der Waals surface area contributed by atoms with Crippen molar-refractivity contribution in [2.24, 2.45) is 0 Å². The van der Waals surface area contributed by atoms with Crippen LogP contribution in [0.4, 0.5) is 17.3 Å². The van der Waals surface area contributed by atoms with Gasteiger partial charge in [-0.15, -0.1) is 0 Å². The molecule has 1 aromatic carbocycles. The van der Waals surface area contributed by atoms with Gasteiger partial charge in [0.25, 0.3) is 0 Å². The van der Waals surface area contributed by atoms with Crippen LogP contribution in [0.2, 0.25) is 0 Å². The second-order valence-corrected chi connectivity index (χ2v) is 6.35. The Balaban J connectivity index is 0.00000361. The number of halogens is 4. The van der Waals surface area contributed by atoms with E-state index in [0.29, 0.717) is 12.1 Å². The molecule has 0 spiro atoms. The minimum Gasteiger partial charge on any atom is -0.493 e. The van der Waals surface area contributed by atoms with Crippen molar-refractivity contribution in [3.63, 3.8) is 0 Å². The Kier molecular flexibility index (Phi) is 8.30. The van der Waals surface area contributed by atoms with Gasteiger partial charge in [-0.2, -0.15) is 0 Å². The first-order valence-electron chi connectivity index (χ1n) is 5.39. The van der Waals surface area contributed by atoms with E-state index in [1.54, 1.807) is 0 Å². The van der Waals surface area contributed by atoms with Crippen LogP contribution >= 0.6 is 0 Å². The second kappa shape index (κ2) is 8.14. The van der Waals surface area contributed by atoms with E-state index < -0.39 is 28.1 Å². The molecule has 0 atom stereocenters. The Labute approximate surface area is 157 Å². The molecule has 20 heavy (non-hydrogen) atoms. The zero-order valence-electron chi connectivity index (χ0n) is 11.1. The average Bonchev–Trinajstić information content (AvgIpc) is 2.21. The first-order valence-corrected chi connectivity index (χ1v) is 7.45. The van der Waals surface area contributed by atoms with E-state index in [1.807, 2.05) is 0 Å². The monoisotopic (exact) mass is 338 g/mol. The fourth-order valence-corrected chi connectivity index (χ4v) is 2.02. The fraction of sp³-hybridized carbons (Fsp3) is 0.400. The van der Waals surface area contributed by atoms with E-state index in [-0.39, 0.29) is 75.9 Å². The van der Waals surface area contributed by atoms with Crippen LogP contribution in [-0.4, -0.2) is 34.0 Å². The molecule has 0 saturated carbocycles. The van der Waals surface area contributed by atoms with Gasteiger partial charge in [0.2, 0.25) is 0 Å². The first-order chi connectivity index (χ1) is 8.59. The Hall–Kier alpha value is 0.391. The number of sulfone groups is 1. The van der Waals surface area contributed by atoms with E-state index in [0.717, 1.165) is 12.3 Å². The zero-order valence-corrected chi connectivity index (χ0v) is 15.0. The van der Waals surface area contributed by atoms with E-state index in [1.165, 1.54) is 0 Å². The van der Waals surface area contributed by atoms with Crippen molar-refractivity contribution in [3.05, 3.63) is 24.0 Å². The Morgan fingerprint density at radius 2 is 1.85 bits per heavy atom. The maximum atomic E-state index is 13.2. The molecule has 0 aliphatic rings. The molecular weight excluding hydrogens is 326 g/mol. The predicted molar refractivity (Wildman–Crippen MR) is 64.9 cm³/mol. The molecule has 0 aromatic heterocycles. The molecule has 0 bridgehead atoms. The zero-order chi connectivity index (χ0) is 14.7. The van der Waals surface area contributed by atoms with Gasteiger partial charge < -0.3 is 17.7 Å². The van der Waals surface area contributed by atoms with Crippen LogP contribution in [0, 0.1) is 5.82 Å². The van der Waals surface area contributed by atoms with Crippen LogP contribution in [0.15, 0.2) is 18.2 Å². The van der Waals surface area contributed by atoms with E-state index in [9.17, 15) is 25.8 Å². The normalized spacial score (nSPS) is 11.8. The van der Waals surface area contributed by atoms with Gasteiger partial charge >= 0.3 is 58.4 Å². The van der Waals surface area contributed by atoms with Crippen molar-refractivity contribution in [3.8, 4) is 5.75 Å². The molecule has 0 N–H and O–H groups in total. The largest absolute Gasteiger partial charge is 1.00 e. The summed E-state index contributed by atoms with van der Waals surface area (Å²) in [7, 11) is -3.11. The molecular formula is C10H12BF4KO3S. The Bertz CT molecular complexity index is 548. The quantitative estimate of drug-likeness (QED) is 0.368. The summed E-state index contributed by atoms with van der Waals surface area (Å²) in [4.78, 5) is 0. The van der Waals surface area contributed by atoms with Gasteiger partial charge in [-0.1, -0.05) is 11.5 Å². The predicted octanol–water partition coefficient (Wildman–Crippen LogP) is -1.30. The van der Waals surface area contributed by atoms with Crippen LogP contribution in [-0.2, 0) is 9.84 Å².